The fraction of sp³-hybridized carbons (Fsp3) is 0.312. The normalized spacial score (nSPS) is 14.3. The zero-order valence-corrected chi connectivity index (χ0v) is 13.5. The molecule has 0 unspecified atom stereocenters. The number of likely N-dealkylation sites (tertiary alicyclic amines) is 1. The first-order valence-electron chi connectivity index (χ1n) is 7.98. The molecule has 0 radical (unpaired) electrons. The third kappa shape index (κ3) is 3.49. The number of hydrogen-bond acceptors (Lipinski definition) is 6. The van der Waals surface area contributed by atoms with E-state index in [2.05, 4.69) is 20.5 Å². The highest BCUT2D eigenvalue weighted by Crippen LogP contribution is 2.20. The zero-order valence-electron chi connectivity index (χ0n) is 13.5. The average molecular weight is 339 g/mol. The molecular formula is C16H17N7O2. The van der Waals surface area contributed by atoms with Crippen molar-refractivity contribution in [3.8, 4) is 5.75 Å². The molecule has 2 aromatic heterocycles. The first-order valence-corrected chi connectivity index (χ1v) is 7.98. The van der Waals surface area contributed by atoms with Gasteiger partial charge < -0.3 is 9.64 Å². The summed E-state index contributed by atoms with van der Waals surface area (Å²) in [6.07, 6.45) is 5.12. The van der Waals surface area contributed by atoms with E-state index in [0.717, 1.165) is 5.69 Å². The fourth-order valence-corrected chi connectivity index (χ4v) is 2.61. The Morgan fingerprint density at radius 1 is 1.16 bits per heavy atom. The zero-order chi connectivity index (χ0) is 17.1. The van der Waals surface area contributed by atoms with Gasteiger partial charge in [-0.3, -0.25) is 4.79 Å². The standard InChI is InChI=1S/C16H17N7O2/c24-16(12-25-15-4-2-1-3-5-15)21-10-14(11-21)22-8-13(19-20-22)9-23-17-6-7-18-23/h1-8,14H,9-12H2. The Morgan fingerprint density at radius 2 is 1.92 bits per heavy atom. The summed E-state index contributed by atoms with van der Waals surface area (Å²) in [4.78, 5) is 15.4. The van der Waals surface area contributed by atoms with Crippen molar-refractivity contribution in [3.05, 3.63) is 54.6 Å². The Kier molecular flexibility index (Phi) is 4.11. The molecule has 9 heteroatoms. The van der Waals surface area contributed by atoms with Gasteiger partial charge in [0.05, 0.1) is 24.6 Å². The number of carbonyl (C=O) groups excluding carboxylic acids is 1. The van der Waals surface area contributed by atoms with Crippen molar-refractivity contribution in [1.82, 2.24) is 34.9 Å². The van der Waals surface area contributed by atoms with E-state index >= 15 is 0 Å². The van der Waals surface area contributed by atoms with Crippen molar-refractivity contribution in [2.45, 2.75) is 12.6 Å². The Morgan fingerprint density at radius 3 is 2.68 bits per heavy atom. The van der Waals surface area contributed by atoms with Crippen LogP contribution in [0.4, 0.5) is 0 Å². The fourth-order valence-electron chi connectivity index (χ4n) is 2.61. The molecule has 1 aromatic carbocycles. The molecule has 1 aliphatic heterocycles. The van der Waals surface area contributed by atoms with E-state index in [4.69, 9.17) is 4.74 Å². The summed E-state index contributed by atoms with van der Waals surface area (Å²) in [6.45, 7) is 1.75. The van der Waals surface area contributed by atoms with Crippen molar-refractivity contribution in [2.75, 3.05) is 19.7 Å². The molecule has 0 spiro atoms. The number of rotatable bonds is 6. The van der Waals surface area contributed by atoms with Crippen molar-refractivity contribution >= 4 is 5.91 Å². The van der Waals surface area contributed by atoms with Crippen LogP contribution < -0.4 is 4.74 Å². The molecule has 1 amide bonds. The molecule has 0 aliphatic carbocycles. The van der Waals surface area contributed by atoms with Crippen LogP contribution in [-0.4, -0.2) is 60.5 Å². The maximum atomic E-state index is 12.1. The molecule has 3 heterocycles. The van der Waals surface area contributed by atoms with Gasteiger partial charge in [0.2, 0.25) is 0 Å². The van der Waals surface area contributed by atoms with E-state index < -0.39 is 0 Å². The third-order valence-corrected chi connectivity index (χ3v) is 4.02. The summed E-state index contributed by atoms with van der Waals surface area (Å²) in [7, 11) is 0. The second kappa shape index (κ2) is 6.71. The Balaban J connectivity index is 1.26. The summed E-state index contributed by atoms with van der Waals surface area (Å²) in [5.41, 5.74) is 0.786. The molecule has 0 bridgehead atoms. The van der Waals surface area contributed by atoms with Crippen LogP contribution in [0.2, 0.25) is 0 Å². The van der Waals surface area contributed by atoms with Gasteiger partial charge in [-0.1, -0.05) is 23.4 Å². The van der Waals surface area contributed by atoms with Crippen molar-refractivity contribution in [1.29, 1.82) is 0 Å². The van der Waals surface area contributed by atoms with Crippen LogP contribution in [-0.2, 0) is 11.3 Å². The average Bonchev–Trinajstić information content (AvgIpc) is 3.25. The molecule has 0 saturated carbocycles. The Hall–Kier alpha value is -3.23. The molecular weight excluding hydrogens is 322 g/mol. The molecule has 1 saturated heterocycles. The summed E-state index contributed by atoms with van der Waals surface area (Å²) >= 11 is 0. The molecule has 3 aromatic rings. The van der Waals surface area contributed by atoms with Crippen molar-refractivity contribution in [3.63, 3.8) is 0 Å². The van der Waals surface area contributed by atoms with E-state index in [1.54, 1.807) is 26.8 Å². The number of amides is 1. The van der Waals surface area contributed by atoms with Crippen LogP contribution in [0, 0.1) is 0 Å². The summed E-state index contributed by atoms with van der Waals surface area (Å²) in [5, 5.41) is 16.3. The number of ether oxygens (including phenoxy) is 1. The van der Waals surface area contributed by atoms with Gasteiger partial charge in [0.1, 0.15) is 18.0 Å². The van der Waals surface area contributed by atoms with Gasteiger partial charge in [-0.15, -0.1) is 5.10 Å². The Labute approximate surface area is 143 Å². The number of benzene rings is 1. The van der Waals surface area contributed by atoms with Gasteiger partial charge in [-0.2, -0.15) is 15.0 Å². The predicted molar refractivity (Wildman–Crippen MR) is 86.7 cm³/mol. The molecule has 1 aliphatic rings. The van der Waals surface area contributed by atoms with Crippen LogP contribution in [0.1, 0.15) is 11.7 Å². The molecule has 4 rings (SSSR count). The van der Waals surface area contributed by atoms with E-state index in [1.807, 2.05) is 36.5 Å². The van der Waals surface area contributed by atoms with Gasteiger partial charge in [0.15, 0.2) is 6.61 Å². The second-order valence-electron chi connectivity index (χ2n) is 5.80. The highest BCUT2D eigenvalue weighted by atomic mass is 16.5. The number of para-hydroxylation sites is 1. The smallest absolute Gasteiger partial charge is 0.260 e. The second-order valence-corrected chi connectivity index (χ2v) is 5.80. The third-order valence-electron chi connectivity index (χ3n) is 4.02. The first-order chi connectivity index (χ1) is 12.3. The van der Waals surface area contributed by atoms with Crippen LogP contribution in [0.15, 0.2) is 48.9 Å². The van der Waals surface area contributed by atoms with Crippen LogP contribution >= 0.6 is 0 Å². The highest BCUT2D eigenvalue weighted by Gasteiger charge is 2.32. The lowest BCUT2D eigenvalue weighted by atomic mass is 10.1. The molecule has 9 nitrogen and oxygen atoms in total. The molecule has 25 heavy (non-hydrogen) atoms. The van der Waals surface area contributed by atoms with E-state index in [-0.39, 0.29) is 18.6 Å². The van der Waals surface area contributed by atoms with Crippen LogP contribution in [0.25, 0.3) is 0 Å². The topological polar surface area (TPSA) is 91.0 Å². The molecule has 128 valence electrons. The summed E-state index contributed by atoms with van der Waals surface area (Å²) in [5.74, 6) is 0.669. The van der Waals surface area contributed by atoms with Crippen molar-refractivity contribution < 1.29 is 9.53 Å². The van der Waals surface area contributed by atoms with Crippen LogP contribution in [0.5, 0.6) is 5.75 Å². The minimum absolute atomic E-state index is 0.0267. The lowest BCUT2D eigenvalue weighted by Gasteiger charge is -2.38. The number of aromatic nitrogens is 6. The maximum Gasteiger partial charge on any atom is 0.260 e. The monoisotopic (exact) mass is 339 g/mol. The Bertz CT molecular complexity index is 825. The minimum Gasteiger partial charge on any atom is -0.484 e. The van der Waals surface area contributed by atoms with Crippen molar-refractivity contribution in [2.24, 2.45) is 0 Å². The molecule has 0 N–H and O–H groups in total. The van der Waals surface area contributed by atoms with E-state index in [9.17, 15) is 4.79 Å². The molecule has 0 atom stereocenters. The van der Waals surface area contributed by atoms with Gasteiger partial charge >= 0.3 is 0 Å². The highest BCUT2D eigenvalue weighted by molar-refractivity contribution is 5.78. The molecule has 1 fully saturated rings. The van der Waals surface area contributed by atoms with E-state index in [0.29, 0.717) is 25.4 Å². The van der Waals surface area contributed by atoms with Gasteiger partial charge in [0, 0.05) is 13.1 Å². The number of nitrogens with zero attached hydrogens (tertiary/aromatic N) is 7. The summed E-state index contributed by atoms with van der Waals surface area (Å²) in [6, 6.07) is 9.47. The van der Waals surface area contributed by atoms with E-state index in [1.165, 1.54) is 0 Å². The van der Waals surface area contributed by atoms with Gasteiger partial charge in [-0.05, 0) is 12.1 Å². The number of hydrogen-bond donors (Lipinski definition) is 0. The quantitative estimate of drug-likeness (QED) is 0.645. The van der Waals surface area contributed by atoms with Crippen LogP contribution in [0.3, 0.4) is 0 Å². The maximum absolute atomic E-state index is 12.1. The lowest BCUT2D eigenvalue weighted by molar-refractivity contribution is -0.139. The van der Waals surface area contributed by atoms with Gasteiger partial charge in [-0.25, -0.2) is 4.68 Å². The predicted octanol–water partition coefficient (Wildman–Crippen LogP) is 0.380. The largest absolute Gasteiger partial charge is 0.484 e. The first kappa shape index (κ1) is 15.3. The summed E-state index contributed by atoms with van der Waals surface area (Å²) < 4.78 is 7.28. The minimum atomic E-state index is -0.0267. The SMILES string of the molecule is O=C(COc1ccccc1)N1CC(n2cc(Cn3nccn3)nn2)C1. The lowest BCUT2D eigenvalue weighted by Crippen LogP contribution is -2.52. The van der Waals surface area contributed by atoms with Gasteiger partial charge in [0.25, 0.3) is 5.91 Å². The number of carbonyl (C=O) groups is 1.